The van der Waals surface area contributed by atoms with Crippen LogP contribution in [0.5, 0.6) is 0 Å². The maximum absolute atomic E-state index is 12.3. The van der Waals surface area contributed by atoms with Crippen molar-refractivity contribution in [3.8, 4) is 0 Å². The van der Waals surface area contributed by atoms with Crippen LogP contribution in [0, 0.1) is 0 Å². The molecule has 1 atom stereocenters. The van der Waals surface area contributed by atoms with Gasteiger partial charge in [0.2, 0.25) is 5.91 Å². The van der Waals surface area contributed by atoms with Gasteiger partial charge in [0.25, 0.3) is 5.91 Å². The Morgan fingerprint density at radius 1 is 1.25 bits per heavy atom. The Labute approximate surface area is 120 Å². The number of urea groups is 1. The van der Waals surface area contributed by atoms with Gasteiger partial charge in [0.1, 0.15) is 12.6 Å². The molecule has 0 radical (unpaired) electrons. The van der Waals surface area contributed by atoms with Gasteiger partial charge in [0, 0.05) is 12.1 Å². The monoisotopic (exact) mass is 283 g/mol. The number of nitrogens with zero attached hydrogens (tertiary/aromatic N) is 2. The standard InChI is InChI=1S/C14H25N3O3/c1-6-7-11-13(19)16(14(20)15-11)8-12(18)17(9(2)3)10(4)5/h9-11H,6-8H2,1-5H3,(H,15,20)/t11-/m1/s1. The zero-order chi connectivity index (χ0) is 15.4. The minimum absolute atomic E-state index is 0.0368. The lowest BCUT2D eigenvalue weighted by Gasteiger charge is -2.31. The number of amides is 4. The minimum atomic E-state index is -0.480. The Kier molecular flexibility index (Phi) is 5.53. The minimum Gasteiger partial charge on any atom is -0.336 e. The summed E-state index contributed by atoms with van der Waals surface area (Å²) in [6.07, 6.45) is 1.41. The van der Waals surface area contributed by atoms with Crippen molar-refractivity contribution < 1.29 is 14.4 Å². The molecule has 114 valence electrons. The van der Waals surface area contributed by atoms with Crippen LogP contribution in [0.1, 0.15) is 47.5 Å². The Hall–Kier alpha value is -1.59. The van der Waals surface area contributed by atoms with Gasteiger partial charge in [-0.2, -0.15) is 0 Å². The number of hydrogen-bond donors (Lipinski definition) is 1. The van der Waals surface area contributed by atoms with Crippen molar-refractivity contribution >= 4 is 17.8 Å². The Bertz CT molecular complexity index is 385. The van der Waals surface area contributed by atoms with Crippen LogP contribution >= 0.6 is 0 Å². The van der Waals surface area contributed by atoms with Gasteiger partial charge < -0.3 is 10.2 Å². The molecule has 0 saturated carbocycles. The van der Waals surface area contributed by atoms with Crippen LogP contribution in [0.4, 0.5) is 4.79 Å². The average molecular weight is 283 g/mol. The zero-order valence-corrected chi connectivity index (χ0v) is 13.0. The van der Waals surface area contributed by atoms with Gasteiger partial charge in [-0.1, -0.05) is 13.3 Å². The maximum atomic E-state index is 12.3. The summed E-state index contributed by atoms with van der Waals surface area (Å²) in [6.45, 7) is 9.45. The number of imide groups is 1. The second kappa shape index (κ2) is 6.72. The first-order valence-electron chi connectivity index (χ1n) is 7.22. The highest BCUT2D eigenvalue weighted by Gasteiger charge is 2.39. The van der Waals surface area contributed by atoms with E-state index in [1.807, 2.05) is 34.6 Å². The van der Waals surface area contributed by atoms with Crippen molar-refractivity contribution in [2.24, 2.45) is 0 Å². The molecule has 0 aromatic rings. The van der Waals surface area contributed by atoms with E-state index in [0.717, 1.165) is 11.3 Å². The largest absolute Gasteiger partial charge is 0.336 e. The number of hydrogen-bond acceptors (Lipinski definition) is 3. The van der Waals surface area contributed by atoms with E-state index in [1.54, 1.807) is 4.90 Å². The first-order chi connectivity index (χ1) is 9.29. The van der Waals surface area contributed by atoms with E-state index in [0.29, 0.717) is 6.42 Å². The molecule has 20 heavy (non-hydrogen) atoms. The quantitative estimate of drug-likeness (QED) is 0.748. The van der Waals surface area contributed by atoms with Crippen LogP contribution in [0.15, 0.2) is 0 Å². The SMILES string of the molecule is CCC[C@H]1NC(=O)N(CC(=O)N(C(C)C)C(C)C)C1=O. The van der Waals surface area contributed by atoms with Crippen molar-refractivity contribution in [2.45, 2.75) is 65.6 Å². The Morgan fingerprint density at radius 2 is 1.80 bits per heavy atom. The highest BCUT2D eigenvalue weighted by Crippen LogP contribution is 2.13. The van der Waals surface area contributed by atoms with E-state index in [9.17, 15) is 14.4 Å². The molecule has 1 heterocycles. The molecule has 0 bridgehead atoms. The van der Waals surface area contributed by atoms with Crippen molar-refractivity contribution in [2.75, 3.05) is 6.54 Å². The molecule has 0 aromatic heterocycles. The Morgan fingerprint density at radius 3 is 2.25 bits per heavy atom. The summed E-state index contributed by atoms with van der Waals surface area (Å²) >= 11 is 0. The summed E-state index contributed by atoms with van der Waals surface area (Å²) in [4.78, 5) is 38.9. The van der Waals surface area contributed by atoms with Crippen LogP contribution in [0.3, 0.4) is 0 Å². The smallest absolute Gasteiger partial charge is 0.325 e. The summed E-state index contributed by atoms with van der Waals surface area (Å²) in [5.41, 5.74) is 0. The lowest BCUT2D eigenvalue weighted by atomic mass is 10.1. The van der Waals surface area contributed by atoms with Crippen LogP contribution in [0.2, 0.25) is 0 Å². The van der Waals surface area contributed by atoms with E-state index < -0.39 is 12.1 Å². The van der Waals surface area contributed by atoms with Crippen molar-refractivity contribution in [3.05, 3.63) is 0 Å². The average Bonchev–Trinajstić information content (AvgIpc) is 2.56. The van der Waals surface area contributed by atoms with E-state index in [2.05, 4.69) is 5.32 Å². The first kappa shape index (κ1) is 16.5. The fraction of sp³-hybridized carbons (Fsp3) is 0.786. The van der Waals surface area contributed by atoms with Gasteiger partial charge in [0.05, 0.1) is 0 Å². The second-order valence-electron chi connectivity index (χ2n) is 5.70. The fourth-order valence-corrected chi connectivity index (χ4v) is 2.60. The van der Waals surface area contributed by atoms with Crippen molar-refractivity contribution in [1.82, 2.24) is 15.1 Å². The van der Waals surface area contributed by atoms with Gasteiger partial charge in [0.15, 0.2) is 0 Å². The number of carbonyl (C=O) groups is 3. The highest BCUT2D eigenvalue weighted by atomic mass is 16.2. The second-order valence-corrected chi connectivity index (χ2v) is 5.70. The van der Waals surface area contributed by atoms with Gasteiger partial charge >= 0.3 is 6.03 Å². The van der Waals surface area contributed by atoms with Gasteiger partial charge in [-0.05, 0) is 34.1 Å². The molecule has 0 aromatic carbocycles. The third-order valence-electron chi connectivity index (χ3n) is 3.38. The van der Waals surface area contributed by atoms with E-state index in [4.69, 9.17) is 0 Å². The first-order valence-corrected chi connectivity index (χ1v) is 7.22. The summed E-state index contributed by atoms with van der Waals surface area (Å²) in [6, 6.07) is -0.870. The van der Waals surface area contributed by atoms with E-state index in [-0.39, 0.29) is 30.4 Å². The summed E-state index contributed by atoms with van der Waals surface area (Å²) in [7, 11) is 0. The highest BCUT2D eigenvalue weighted by molar-refractivity contribution is 6.06. The van der Waals surface area contributed by atoms with Crippen LogP contribution in [-0.2, 0) is 9.59 Å². The summed E-state index contributed by atoms with van der Waals surface area (Å²) in [5.74, 6) is -0.492. The van der Waals surface area contributed by atoms with Gasteiger partial charge in [-0.25, -0.2) is 4.79 Å². The topological polar surface area (TPSA) is 69.7 Å². The predicted octanol–water partition coefficient (Wildman–Crippen LogP) is 1.35. The molecular weight excluding hydrogens is 258 g/mol. The lowest BCUT2D eigenvalue weighted by molar-refractivity contribution is -0.139. The third kappa shape index (κ3) is 3.49. The fourth-order valence-electron chi connectivity index (χ4n) is 2.60. The molecule has 1 fully saturated rings. The van der Waals surface area contributed by atoms with Crippen molar-refractivity contribution in [1.29, 1.82) is 0 Å². The molecule has 0 unspecified atom stereocenters. The maximum Gasteiger partial charge on any atom is 0.325 e. The normalized spacial score (nSPS) is 18.9. The molecule has 1 aliphatic heterocycles. The molecule has 4 amide bonds. The number of rotatable bonds is 6. The number of carbonyl (C=O) groups excluding carboxylic acids is 3. The van der Waals surface area contributed by atoms with E-state index in [1.165, 1.54) is 0 Å². The molecular formula is C14H25N3O3. The lowest BCUT2D eigenvalue weighted by Crippen LogP contribution is -2.48. The van der Waals surface area contributed by atoms with Gasteiger partial charge in [-0.3, -0.25) is 14.5 Å². The summed E-state index contributed by atoms with van der Waals surface area (Å²) < 4.78 is 0. The molecule has 6 heteroatoms. The third-order valence-corrected chi connectivity index (χ3v) is 3.38. The molecule has 1 N–H and O–H groups in total. The molecule has 0 aliphatic carbocycles. The van der Waals surface area contributed by atoms with Crippen LogP contribution in [-0.4, -0.2) is 52.3 Å². The summed E-state index contributed by atoms with van der Waals surface area (Å²) in [5, 5.41) is 2.62. The molecule has 1 rings (SSSR count). The molecule has 1 aliphatic rings. The van der Waals surface area contributed by atoms with Gasteiger partial charge in [-0.15, -0.1) is 0 Å². The molecule has 0 spiro atoms. The zero-order valence-electron chi connectivity index (χ0n) is 13.0. The van der Waals surface area contributed by atoms with E-state index >= 15 is 0 Å². The molecule has 1 saturated heterocycles. The molecule has 6 nitrogen and oxygen atoms in total. The van der Waals surface area contributed by atoms with Crippen molar-refractivity contribution in [3.63, 3.8) is 0 Å². The van der Waals surface area contributed by atoms with Crippen LogP contribution in [0.25, 0.3) is 0 Å². The van der Waals surface area contributed by atoms with Crippen LogP contribution < -0.4 is 5.32 Å². The predicted molar refractivity (Wildman–Crippen MR) is 76.1 cm³/mol. The number of nitrogens with one attached hydrogen (secondary N) is 1. The Balaban J connectivity index is 2.75.